The number of hydrogen-bond acceptors (Lipinski definition) is 10. The third kappa shape index (κ3) is 7.59. The van der Waals surface area contributed by atoms with Crippen molar-refractivity contribution in [3.05, 3.63) is 86.2 Å². The number of rotatable bonds is 5. The topological polar surface area (TPSA) is 156 Å². The van der Waals surface area contributed by atoms with Crippen LogP contribution in [-0.2, 0) is 12.4 Å². The minimum atomic E-state index is -4.55. The summed E-state index contributed by atoms with van der Waals surface area (Å²) in [6.45, 7) is 3.69. The first-order chi connectivity index (χ1) is 20.6. The van der Waals surface area contributed by atoms with Gasteiger partial charge in [-0.25, -0.2) is 9.97 Å². The molecule has 5 rings (SSSR count). The van der Waals surface area contributed by atoms with Crippen molar-refractivity contribution in [2.75, 3.05) is 5.73 Å². The van der Waals surface area contributed by atoms with Gasteiger partial charge < -0.3 is 20.3 Å². The van der Waals surface area contributed by atoms with E-state index in [9.17, 15) is 26.3 Å². The second-order valence-corrected chi connectivity index (χ2v) is 10.7. The molecule has 0 aliphatic heterocycles. The van der Waals surface area contributed by atoms with Gasteiger partial charge in [0, 0.05) is 5.92 Å². The number of aromatic nitrogens is 6. The highest BCUT2D eigenvalue weighted by molar-refractivity contribution is 9.10. The van der Waals surface area contributed by atoms with Crippen molar-refractivity contribution in [1.29, 1.82) is 0 Å². The molecule has 0 radical (unpaired) electrons. The Morgan fingerprint density at radius 1 is 0.727 bits per heavy atom. The van der Waals surface area contributed by atoms with Crippen molar-refractivity contribution in [3.8, 4) is 23.2 Å². The Morgan fingerprint density at radius 3 is 1.86 bits per heavy atom. The Balaban J connectivity index is 0.000000204. The van der Waals surface area contributed by atoms with Gasteiger partial charge in [-0.05, 0) is 55.6 Å². The minimum Gasteiger partial charge on any atom is -0.419 e. The summed E-state index contributed by atoms with van der Waals surface area (Å²) in [6.07, 6.45) is -9.05. The summed E-state index contributed by atoms with van der Waals surface area (Å²) in [4.78, 5) is 7.57. The number of pyridine rings is 2. The summed E-state index contributed by atoms with van der Waals surface area (Å²) in [6, 6.07) is 11.3. The van der Waals surface area contributed by atoms with Crippen LogP contribution in [0.15, 0.2) is 66.6 Å². The lowest BCUT2D eigenvalue weighted by atomic mass is 10.1. The zero-order valence-electron chi connectivity index (χ0n) is 22.5. The lowest BCUT2D eigenvalue weighted by molar-refractivity contribution is -0.139. The molecule has 0 spiro atoms. The van der Waals surface area contributed by atoms with Crippen molar-refractivity contribution in [3.63, 3.8) is 0 Å². The third-order valence-corrected chi connectivity index (χ3v) is 6.90. The predicted octanol–water partition coefficient (Wildman–Crippen LogP) is 7.58. The Bertz CT molecular complexity index is 1740. The fourth-order valence-corrected chi connectivity index (χ4v) is 4.54. The summed E-state index contributed by atoms with van der Waals surface area (Å²) < 4.78 is 86.4. The van der Waals surface area contributed by atoms with Crippen LogP contribution in [-0.4, -0.2) is 30.4 Å². The molecule has 0 saturated heterocycles. The van der Waals surface area contributed by atoms with E-state index in [1.165, 1.54) is 6.07 Å². The molecule has 18 heteroatoms. The normalized spacial score (nSPS) is 12.6. The SMILES string of the molecule is CC(C)c1nnc(-c2nc(Br)c(C(F)(F)F)cc2N)o1.N[C@H](c1ccccc1)c1nnc(-c2ccc(C(F)(F)F)c(Br)n2)o1. The lowest BCUT2D eigenvalue weighted by Crippen LogP contribution is -2.11. The predicted molar refractivity (Wildman–Crippen MR) is 151 cm³/mol. The number of benzene rings is 1. The summed E-state index contributed by atoms with van der Waals surface area (Å²) in [5.41, 5.74) is 10.5. The molecule has 4 N–H and O–H groups in total. The summed E-state index contributed by atoms with van der Waals surface area (Å²) in [5, 5.41) is 15.2. The molecule has 1 aromatic carbocycles. The van der Waals surface area contributed by atoms with Crippen LogP contribution in [0.5, 0.6) is 0 Å². The van der Waals surface area contributed by atoms with Crippen LogP contribution < -0.4 is 11.5 Å². The standard InChI is InChI=1S/C15H10BrF3N4O.C11H10BrF3N4O/c16-12-9(15(17,18)19)6-7-10(21-12)13-22-23-14(24-13)11(20)8-4-2-1-3-5-8;1-4(2)9-18-19-10(20-9)7-6(16)3-5(8(12)17-7)11(13,14)15/h1-7,11H,20H2;3-4H,16H2,1-2H3/t11-;/m1./s1. The van der Waals surface area contributed by atoms with Gasteiger partial charge in [0.1, 0.15) is 20.9 Å². The zero-order valence-corrected chi connectivity index (χ0v) is 25.6. The van der Waals surface area contributed by atoms with Crippen LogP contribution in [0.25, 0.3) is 23.2 Å². The summed E-state index contributed by atoms with van der Waals surface area (Å²) >= 11 is 5.58. The maximum absolute atomic E-state index is 12.7. The van der Waals surface area contributed by atoms with Crippen LogP contribution in [0, 0.1) is 0 Å². The highest BCUT2D eigenvalue weighted by atomic mass is 79.9. The zero-order chi connectivity index (χ0) is 32.4. The number of hydrogen-bond donors (Lipinski definition) is 2. The average molecular weight is 750 g/mol. The van der Waals surface area contributed by atoms with E-state index in [2.05, 4.69) is 62.2 Å². The van der Waals surface area contributed by atoms with Gasteiger partial charge in [0.05, 0.1) is 16.8 Å². The highest BCUT2D eigenvalue weighted by Gasteiger charge is 2.35. The number of nitrogens with two attached hydrogens (primary N) is 2. The minimum absolute atomic E-state index is 0.00429. The second kappa shape index (κ2) is 13.0. The van der Waals surface area contributed by atoms with Gasteiger partial charge in [-0.2, -0.15) is 26.3 Å². The first kappa shape index (κ1) is 33.0. The Kier molecular flexibility index (Phi) is 9.74. The molecule has 0 aliphatic rings. The first-order valence-corrected chi connectivity index (χ1v) is 13.9. The third-order valence-electron chi connectivity index (χ3n) is 5.69. The van der Waals surface area contributed by atoms with Crippen LogP contribution >= 0.6 is 31.9 Å². The number of anilines is 1. The van der Waals surface area contributed by atoms with Crippen molar-refractivity contribution >= 4 is 37.5 Å². The number of nitrogen functional groups attached to an aromatic ring is 1. The summed E-state index contributed by atoms with van der Waals surface area (Å²) in [7, 11) is 0. The maximum atomic E-state index is 12.7. The van der Waals surface area contributed by atoms with E-state index in [1.54, 1.807) is 0 Å². The molecule has 4 heterocycles. The van der Waals surface area contributed by atoms with Crippen molar-refractivity contribution in [1.82, 2.24) is 30.4 Å². The summed E-state index contributed by atoms with van der Waals surface area (Å²) in [5.74, 6) is 0.480. The number of alkyl halides is 6. The molecule has 0 unspecified atom stereocenters. The van der Waals surface area contributed by atoms with Gasteiger partial charge in [-0.1, -0.05) is 44.2 Å². The Hall–Kier alpha value is -3.90. The van der Waals surface area contributed by atoms with Crippen molar-refractivity contribution in [2.45, 2.75) is 38.2 Å². The number of halogens is 8. The quantitative estimate of drug-likeness (QED) is 0.136. The molecule has 1 atom stereocenters. The molecular formula is C26H20Br2F6N8O2. The Morgan fingerprint density at radius 2 is 1.30 bits per heavy atom. The van der Waals surface area contributed by atoms with Gasteiger partial charge in [0.25, 0.3) is 11.8 Å². The molecule has 0 fully saturated rings. The molecule has 10 nitrogen and oxygen atoms in total. The van der Waals surface area contributed by atoms with E-state index in [-0.39, 0.29) is 49.9 Å². The first-order valence-electron chi connectivity index (χ1n) is 12.3. The lowest BCUT2D eigenvalue weighted by Gasteiger charge is -2.10. The molecule has 232 valence electrons. The van der Waals surface area contributed by atoms with Gasteiger partial charge in [0.15, 0.2) is 5.69 Å². The van der Waals surface area contributed by atoms with Crippen molar-refractivity contribution < 1.29 is 35.2 Å². The molecule has 0 aliphatic carbocycles. The van der Waals surface area contributed by atoms with Crippen LogP contribution in [0.3, 0.4) is 0 Å². The molecular weight excluding hydrogens is 730 g/mol. The fraction of sp³-hybridized carbons (Fsp3) is 0.231. The molecule has 44 heavy (non-hydrogen) atoms. The van der Waals surface area contributed by atoms with Crippen LogP contribution in [0.4, 0.5) is 32.0 Å². The van der Waals surface area contributed by atoms with Gasteiger partial charge in [-0.15, -0.1) is 20.4 Å². The highest BCUT2D eigenvalue weighted by Crippen LogP contribution is 2.38. The maximum Gasteiger partial charge on any atom is 0.419 e. The van der Waals surface area contributed by atoms with E-state index in [4.69, 9.17) is 20.3 Å². The average Bonchev–Trinajstić information content (AvgIpc) is 3.64. The van der Waals surface area contributed by atoms with Crippen LogP contribution in [0.2, 0.25) is 0 Å². The monoisotopic (exact) mass is 748 g/mol. The van der Waals surface area contributed by atoms with Crippen molar-refractivity contribution in [2.24, 2.45) is 5.73 Å². The van der Waals surface area contributed by atoms with Crippen LogP contribution in [0.1, 0.15) is 54.3 Å². The fourth-order valence-electron chi connectivity index (χ4n) is 3.47. The van der Waals surface area contributed by atoms with E-state index in [1.807, 2.05) is 44.2 Å². The Labute approximate surface area is 261 Å². The van der Waals surface area contributed by atoms with Gasteiger partial charge in [-0.3, -0.25) is 0 Å². The molecule has 5 aromatic rings. The van der Waals surface area contributed by atoms with E-state index >= 15 is 0 Å². The van der Waals surface area contributed by atoms with E-state index < -0.39 is 29.5 Å². The molecule has 4 aromatic heterocycles. The molecule has 0 amide bonds. The van der Waals surface area contributed by atoms with Gasteiger partial charge in [0.2, 0.25) is 11.8 Å². The van der Waals surface area contributed by atoms with Gasteiger partial charge >= 0.3 is 12.4 Å². The second-order valence-electron chi connectivity index (χ2n) is 9.23. The van der Waals surface area contributed by atoms with E-state index in [0.29, 0.717) is 5.89 Å². The largest absolute Gasteiger partial charge is 0.419 e. The molecule has 0 bridgehead atoms. The molecule has 0 saturated carbocycles. The smallest absolute Gasteiger partial charge is 0.419 e. The number of nitrogens with zero attached hydrogens (tertiary/aromatic N) is 6. The van der Waals surface area contributed by atoms with E-state index in [0.717, 1.165) is 17.7 Å².